The number of aliphatic hydroxyl groups is 4. The minimum Gasteiger partial charge on any atom is -0.396 e. The molecule has 2 aromatic heterocycles. The zero-order valence-corrected chi connectivity index (χ0v) is 36.8. The number of hydrogen-bond donors (Lipinski definition) is 10. The monoisotopic (exact) mass is 944 g/mol. The lowest BCUT2D eigenvalue weighted by Gasteiger charge is -2.22. The summed E-state index contributed by atoms with van der Waals surface area (Å²) >= 11 is 0. The lowest BCUT2D eigenvalue weighted by Crippen LogP contribution is -2.30. The van der Waals surface area contributed by atoms with Crippen LogP contribution in [0.25, 0.3) is 12.2 Å². The molecule has 0 spiro atoms. The van der Waals surface area contributed by atoms with Crippen LogP contribution in [0, 0.1) is 0 Å². The molecule has 22 nitrogen and oxygen atoms in total. The molecule has 0 radical (unpaired) electrons. The molecule has 0 saturated carbocycles. The Morgan fingerprint density at radius 2 is 0.788 bits per heavy atom. The van der Waals surface area contributed by atoms with Crippen LogP contribution in [-0.2, 0) is 20.2 Å². The number of rotatable bonds is 24. The summed E-state index contributed by atoms with van der Waals surface area (Å²) in [6.45, 7) is 0.127. The normalized spacial score (nSPS) is 11.7. The van der Waals surface area contributed by atoms with Gasteiger partial charge in [0.05, 0.1) is 13.2 Å². The lowest BCUT2D eigenvalue weighted by atomic mass is 10.1. The third kappa shape index (κ3) is 13.8. The first-order valence-corrected chi connectivity index (χ1v) is 23.2. The Morgan fingerprint density at radius 3 is 1.11 bits per heavy atom. The summed E-state index contributed by atoms with van der Waals surface area (Å²) in [7, 11) is -9.82. The van der Waals surface area contributed by atoms with Crippen molar-refractivity contribution in [1.82, 2.24) is 29.9 Å². The van der Waals surface area contributed by atoms with E-state index in [1.165, 1.54) is 36.4 Å². The molecule has 0 unspecified atom stereocenters. The minimum absolute atomic E-state index is 0.0392. The fourth-order valence-corrected chi connectivity index (χ4v) is 7.73. The van der Waals surface area contributed by atoms with Crippen LogP contribution >= 0.6 is 0 Å². The van der Waals surface area contributed by atoms with E-state index in [1.54, 1.807) is 58.3 Å². The van der Waals surface area contributed by atoms with Crippen molar-refractivity contribution >= 4 is 90.8 Å². The Balaban J connectivity index is 1.31. The van der Waals surface area contributed by atoms with Gasteiger partial charge >= 0.3 is 0 Å². The molecule has 348 valence electrons. The summed E-state index contributed by atoms with van der Waals surface area (Å²) in [5, 5.41) is 50.4. The van der Waals surface area contributed by atoms with Crippen LogP contribution < -0.4 is 31.1 Å². The van der Waals surface area contributed by atoms with Crippen LogP contribution in [0.2, 0.25) is 0 Å². The molecule has 0 aliphatic heterocycles. The summed E-state index contributed by atoms with van der Waals surface area (Å²) in [6.07, 6.45) is 3.18. The van der Waals surface area contributed by atoms with E-state index in [9.17, 15) is 46.4 Å². The second-order valence-electron chi connectivity index (χ2n) is 14.2. The van der Waals surface area contributed by atoms with Gasteiger partial charge in [-0.05, 0) is 72.5 Å². The summed E-state index contributed by atoms with van der Waals surface area (Å²) in [6, 6.07) is 25.9. The largest absolute Gasteiger partial charge is 0.396 e. The van der Waals surface area contributed by atoms with Crippen molar-refractivity contribution in [3.8, 4) is 0 Å². The van der Waals surface area contributed by atoms with Crippen molar-refractivity contribution in [2.45, 2.75) is 22.6 Å². The van der Waals surface area contributed by atoms with Gasteiger partial charge in [-0.15, -0.1) is 0 Å². The second kappa shape index (κ2) is 22.8. The van der Waals surface area contributed by atoms with Crippen molar-refractivity contribution < 1.29 is 46.4 Å². The maximum Gasteiger partial charge on any atom is 0.295 e. The van der Waals surface area contributed by atoms with E-state index in [0.717, 1.165) is 12.1 Å². The van der Waals surface area contributed by atoms with Crippen LogP contribution in [0.1, 0.15) is 24.0 Å². The Labute approximate surface area is 380 Å². The van der Waals surface area contributed by atoms with E-state index in [0.29, 0.717) is 37.3 Å². The number of nitrogens with one attached hydrogen (secondary N) is 4. The molecule has 4 aromatic carbocycles. The van der Waals surface area contributed by atoms with Gasteiger partial charge in [0.2, 0.25) is 35.7 Å². The van der Waals surface area contributed by atoms with Gasteiger partial charge in [-0.25, -0.2) is 0 Å². The third-order valence-corrected chi connectivity index (χ3v) is 11.1. The van der Waals surface area contributed by atoms with Crippen LogP contribution in [0.4, 0.5) is 58.4 Å². The van der Waals surface area contributed by atoms with Gasteiger partial charge in [0.1, 0.15) is 9.79 Å². The summed E-state index contributed by atoms with van der Waals surface area (Å²) in [4.78, 5) is 28.9. The number of hydrogen-bond acceptors (Lipinski definition) is 20. The van der Waals surface area contributed by atoms with Gasteiger partial charge in [-0.1, -0.05) is 60.7 Å². The molecule has 0 saturated heterocycles. The van der Waals surface area contributed by atoms with Crippen molar-refractivity contribution in [2.75, 3.05) is 83.7 Å². The Kier molecular flexibility index (Phi) is 16.8. The highest BCUT2D eigenvalue weighted by molar-refractivity contribution is 7.86. The smallest absolute Gasteiger partial charge is 0.295 e. The molecule has 6 aromatic rings. The molecular formula is C42H48N12O10S2. The Bertz CT molecular complexity index is 2620. The van der Waals surface area contributed by atoms with Gasteiger partial charge < -0.3 is 51.5 Å². The van der Waals surface area contributed by atoms with Crippen LogP contribution in [-0.4, -0.2) is 129 Å². The predicted octanol–water partition coefficient (Wildman–Crippen LogP) is 4.06. The number of anilines is 10. The highest BCUT2D eigenvalue weighted by Crippen LogP contribution is 2.29. The van der Waals surface area contributed by atoms with E-state index >= 15 is 0 Å². The van der Waals surface area contributed by atoms with E-state index in [4.69, 9.17) is 0 Å². The molecular weight excluding hydrogens is 897 g/mol. The van der Waals surface area contributed by atoms with Crippen molar-refractivity contribution in [3.63, 3.8) is 0 Å². The average Bonchev–Trinajstić information content (AvgIpc) is 3.29. The average molecular weight is 945 g/mol. The van der Waals surface area contributed by atoms with E-state index < -0.39 is 30.0 Å². The number of nitrogens with zero attached hydrogens (tertiary/aromatic N) is 8. The van der Waals surface area contributed by atoms with E-state index in [1.807, 2.05) is 12.1 Å². The summed E-state index contributed by atoms with van der Waals surface area (Å²) in [5.41, 5.74) is 1.43. The van der Waals surface area contributed by atoms with Gasteiger partial charge in [0.15, 0.2) is 0 Å². The van der Waals surface area contributed by atoms with Crippen LogP contribution in [0.3, 0.4) is 0 Å². The molecule has 2 heterocycles. The number of aliphatic hydroxyl groups excluding tert-OH is 4. The Morgan fingerprint density at radius 1 is 0.439 bits per heavy atom. The lowest BCUT2D eigenvalue weighted by molar-refractivity contribution is 0.280. The molecule has 0 aliphatic carbocycles. The molecule has 66 heavy (non-hydrogen) atoms. The first-order chi connectivity index (χ1) is 31.8. The first-order valence-electron chi connectivity index (χ1n) is 20.3. The first kappa shape index (κ1) is 48.6. The SMILES string of the molecule is O=S(=O)(O)c1cc(Nc2nc(Nc3ccccc3)nc(N(CCO)CCCO)n2)ccc1/C=C/c1ccc(Nc2nc(Nc3ccccc3)nc(N(CCO)CCCO)n2)cc1S(=O)(=O)O. The molecule has 0 atom stereocenters. The highest BCUT2D eigenvalue weighted by Gasteiger charge is 2.21. The maximum absolute atomic E-state index is 12.8. The topological polar surface area (TPSA) is 322 Å². The summed E-state index contributed by atoms with van der Waals surface area (Å²) < 4.78 is 71.7. The predicted molar refractivity (Wildman–Crippen MR) is 249 cm³/mol. The van der Waals surface area contributed by atoms with Crippen molar-refractivity contribution in [1.29, 1.82) is 0 Å². The molecule has 0 aliphatic rings. The molecule has 0 fully saturated rings. The van der Waals surface area contributed by atoms with Crippen LogP contribution in [0.15, 0.2) is 107 Å². The van der Waals surface area contributed by atoms with E-state index in [2.05, 4.69) is 51.2 Å². The van der Waals surface area contributed by atoms with Crippen molar-refractivity contribution in [2.24, 2.45) is 0 Å². The minimum atomic E-state index is -4.91. The van der Waals surface area contributed by atoms with Gasteiger partial charge in [-0.2, -0.15) is 46.7 Å². The molecule has 6 rings (SSSR count). The second-order valence-corrected chi connectivity index (χ2v) is 16.9. The highest BCUT2D eigenvalue weighted by atomic mass is 32.2. The maximum atomic E-state index is 12.8. The number of para-hydroxylation sites is 2. The number of aromatic nitrogens is 6. The third-order valence-electron chi connectivity index (χ3n) is 9.32. The van der Waals surface area contributed by atoms with Gasteiger partial charge in [0, 0.05) is 62.1 Å². The zero-order valence-electron chi connectivity index (χ0n) is 35.2. The number of benzene rings is 4. The summed E-state index contributed by atoms with van der Waals surface area (Å²) in [5.74, 6) is 0.410. The van der Waals surface area contributed by atoms with Crippen molar-refractivity contribution in [3.05, 3.63) is 108 Å². The fraction of sp³-hybridized carbons (Fsp3) is 0.238. The van der Waals surface area contributed by atoms with E-state index in [-0.39, 0.29) is 97.7 Å². The standard InChI is InChI=1S/C42H48N12O10S2/c55-23-7-19-53(21-25-57)41-49-37(43-31-9-3-1-4-10-31)47-39(51-41)45-33-17-15-29(35(27-33)65(59,60)61)13-14-30-16-18-34(28-36(30)66(62,63)64)46-40-48-38(44-32-11-5-2-6-12-32)50-42(52-40)54(22-26-58)20-8-24-56/h1-6,9-18,27-28,55-58H,7-8,19-26H2,(H,59,60,61)(H,62,63,64)(H2,43,45,47,49,51)(H2,44,46,48,50,52)/b14-13+. The molecule has 10 N–H and O–H groups in total. The van der Waals surface area contributed by atoms with Gasteiger partial charge in [0.25, 0.3) is 20.2 Å². The quantitative estimate of drug-likeness (QED) is 0.0302. The molecule has 24 heteroatoms. The molecule has 0 amide bonds. The fourth-order valence-electron chi connectivity index (χ4n) is 6.31. The zero-order chi connectivity index (χ0) is 47.1. The van der Waals surface area contributed by atoms with Gasteiger partial charge in [-0.3, -0.25) is 9.11 Å². The molecule has 0 bridgehead atoms. The Hall–Kier alpha value is -6.90. The van der Waals surface area contributed by atoms with Crippen LogP contribution in [0.5, 0.6) is 0 Å².